The maximum absolute atomic E-state index is 12.5. The van der Waals surface area contributed by atoms with Crippen molar-refractivity contribution in [1.29, 1.82) is 0 Å². The molecule has 18 heavy (non-hydrogen) atoms. The summed E-state index contributed by atoms with van der Waals surface area (Å²) in [7, 11) is 0. The first-order valence-corrected chi connectivity index (χ1v) is 6.57. The second-order valence-electron chi connectivity index (χ2n) is 5.10. The highest BCUT2D eigenvalue weighted by molar-refractivity contribution is 6.30. The van der Waals surface area contributed by atoms with Crippen LogP contribution in [0.2, 0.25) is 5.02 Å². The number of benzene rings is 1. The van der Waals surface area contributed by atoms with Gasteiger partial charge >= 0.3 is 0 Å². The topological polar surface area (TPSA) is 37.4 Å². The van der Waals surface area contributed by atoms with Gasteiger partial charge in [-0.25, -0.2) is 0 Å². The van der Waals surface area contributed by atoms with Crippen LogP contribution in [-0.4, -0.2) is 29.7 Å². The van der Waals surface area contributed by atoms with Crippen LogP contribution >= 0.6 is 11.6 Å². The summed E-state index contributed by atoms with van der Waals surface area (Å²) in [6, 6.07) is 7.48. The average molecular weight is 264 g/mol. The third-order valence-electron chi connectivity index (χ3n) is 3.87. The molecule has 0 atom stereocenters. The average Bonchev–Trinajstić information content (AvgIpc) is 3.06. The molecule has 0 spiro atoms. The molecule has 1 aliphatic heterocycles. The number of rotatable bonds is 2. The highest BCUT2D eigenvalue weighted by Crippen LogP contribution is 2.50. The maximum Gasteiger partial charge on any atom is 0.233 e. The Morgan fingerprint density at radius 2 is 1.89 bits per heavy atom. The van der Waals surface area contributed by atoms with Crippen LogP contribution in [0.3, 0.4) is 0 Å². The largest absolute Gasteiger partial charge is 0.334 e. The number of halogens is 1. The summed E-state index contributed by atoms with van der Waals surface area (Å²) in [5, 5.41) is 0.679. The van der Waals surface area contributed by atoms with E-state index in [2.05, 4.69) is 0 Å². The molecule has 3 rings (SSSR count). The molecule has 0 N–H and O–H groups in total. The van der Waals surface area contributed by atoms with Gasteiger partial charge in [0.2, 0.25) is 5.91 Å². The van der Waals surface area contributed by atoms with Crippen LogP contribution in [0.4, 0.5) is 0 Å². The molecule has 1 aromatic rings. The Balaban J connectivity index is 1.84. The highest BCUT2D eigenvalue weighted by Gasteiger charge is 2.53. The SMILES string of the molecule is O=C1CCN(C(=O)C2(c3ccc(Cl)cc3)CC2)C1. The molecule has 2 fully saturated rings. The minimum atomic E-state index is -0.380. The number of nitrogens with zero attached hydrogens (tertiary/aromatic N) is 1. The summed E-state index contributed by atoms with van der Waals surface area (Å²) in [5.74, 6) is 0.269. The first-order valence-electron chi connectivity index (χ1n) is 6.19. The van der Waals surface area contributed by atoms with Gasteiger partial charge in [-0.3, -0.25) is 9.59 Å². The van der Waals surface area contributed by atoms with Crippen molar-refractivity contribution < 1.29 is 9.59 Å². The van der Waals surface area contributed by atoms with E-state index < -0.39 is 0 Å². The Kier molecular flexibility index (Phi) is 2.67. The van der Waals surface area contributed by atoms with E-state index in [1.165, 1.54) is 0 Å². The summed E-state index contributed by atoms with van der Waals surface area (Å²) in [5.41, 5.74) is 0.645. The summed E-state index contributed by atoms with van der Waals surface area (Å²) in [6.45, 7) is 0.862. The predicted octanol–water partition coefficient (Wildman–Crippen LogP) is 2.17. The van der Waals surface area contributed by atoms with Crippen molar-refractivity contribution in [2.45, 2.75) is 24.7 Å². The third kappa shape index (κ3) is 1.83. The van der Waals surface area contributed by atoms with Crippen LogP contribution in [0.1, 0.15) is 24.8 Å². The molecule has 0 radical (unpaired) electrons. The molecule has 4 heteroatoms. The highest BCUT2D eigenvalue weighted by atomic mass is 35.5. The summed E-state index contributed by atoms with van der Waals surface area (Å²) in [4.78, 5) is 25.5. The Morgan fingerprint density at radius 1 is 1.22 bits per heavy atom. The zero-order valence-electron chi connectivity index (χ0n) is 9.99. The number of amides is 1. The minimum absolute atomic E-state index is 0.107. The lowest BCUT2D eigenvalue weighted by Gasteiger charge is -2.22. The number of carbonyl (C=O) groups excluding carboxylic acids is 2. The van der Waals surface area contributed by atoms with E-state index in [9.17, 15) is 9.59 Å². The molecule has 2 aliphatic rings. The van der Waals surface area contributed by atoms with Gasteiger partial charge < -0.3 is 4.90 Å². The molecule has 0 aromatic heterocycles. The summed E-state index contributed by atoms with van der Waals surface area (Å²) < 4.78 is 0. The third-order valence-corrected chi connectivity index (χ3v) is 4.12. The van der Waals surface area contributed by atoms with E-state index in [1.807, 2.05) is 24.3 Å². The normalized spacial score (nSPS) is 21.2. The van der Waals surface area contributed by atoms with Crippen LogP contribution in [0, 0.1) is 0 Å². The molecule has 0 bridgehead atoms. The molecule has 1 aliphatic carbocycles. The van der Waals surface area contributed by atoms with Crippen molar-refractivity contribution in [3.8, 4) is 0 Å². The van der Waals surface area contributed by atoms with Crippen molar-refractivity contribution in [2.75, 3.05) is 13.1 Å². The lowest BCUT2D eigenvalue weighted by atomic mass is 9.94. The molecular formula is C14H14ClNO2. The lowest BCUT2D eigenvalue weighted by molar-refractivity contribution is -0.134. The van der Waals surface area contributed by atoms with Crippen molar-refractivity contribution in [1.82, 2.24) is 4.90 Å². The molecule has 0 unspecified atom stereocenters. The first kappa shape index (κ1) is 11.7. The van der Waals surface area contributed by atoms with Gasteiger partial charge in [-0.05, 0) is 30.5 Å². The molecule has 1 amide bonds. The number of carbonyl (C=O) groups is 2. The second kappa shape index (κ2) is 4.09. The van der Waals surface area contributed by atoms with E-state index >= 15 is 0 Å². The molecule has 1 aromatic carbocycles. The summed E-state index contributed by atoms with van der Waals surface area (Å²) in [6.07, 6.45) is 2.25. The fraction of sp³-hybridized carbons (Fsp3) is 0.429. The molecular weight excluding hydrogens is 250 g/mol. The van der Waals surface area contributed by atoms with Crippen molar-refractivity contribution in [3.63, 3.8) is 0 Å². The Labute approximate surface area is 111 Å². The Bertz CT molecular complexity index is 505. The smallest absolute Gasteiger partial charge is 0.233 e. The van der Waals surface area contributed by atoms with Crippen LogP contribution in [-0.2, 0) is 15.0 Å². The van der Waals surface area contributed by atoms with Crippen molar-refractivity contribution in [3.05, 3.63) is 34.9 Å². The predicted molar refractivity (Wildman–Crippen MR) is 68.6 cm³/mol. The second-order valence-corrected chi connectivity index (χ2v) is 5.54. The van der Waals surface area contributed by atoms with Crippen LogP contribution in [0.15, 0.2) is 24.3 Å². The molecule has 3 nitrogen and oxygen atoms in total. The van der Waals surface area contributed by atoms with E-state index in [4.69, 9.17) is 11.6 Å². The Morgan fingerprint density at radius 3 is 2.39 bits per heavy atom. The van der Waals surface area contributed by atoms with Gasteiger partial charge in [0, 0.05) is 18.0 Å². The van der Waals surface area contributed by atoms with Gasteiger partial charge in [-0.2, -0.15) is 0 Å². The fourth-order valence-corrected chi connectivity index (χ4v) is 2.75. The molecule has 1 heterocycles. The van der Waals surface area contributed by atoms with Crippen LogP contribution in [0.25, 0.3) is 0 Å². The maximum atomic E-state index is 12.5. The number of hydrogen-bond donors (Lipinski definition) is 0. The van der Waals surface area contributed by atoms with Gasteiger partial charge in [0.05, 0.1) is 12.0 Å². The molecule has 1 saturated heterocycles. The van der Waals surface area contributed by atoms with Crippen molar-refractivity contribution in [2.24, 2.45) is 0 Å². The monoisotopic (exact) mass is 263 g/mol. The van der Waals surface area contributed by atoms with Crippen LogP contribution in [0.5, 0.6) is 0 Å². The van der Waals surface area contributed by atoms with E-state index in [1.54, 1.807) is 4.90 Å². The molecule has 1 saturated carbocycles. The van der Waals surface area contributed by atoms with Crippen molar-refractivity contribution >= 4 is 23.3 Å². The molecule has 94 valence electrons. The Hall–Kier alpha value is -1.35. The van der Waals surface area contributed by atoms with E-state index in [0.29, 0.717) is 18.0 Å². The first-order chi connectivity index (χ1) is 8.62. The minimum Gasteiger partial charge on any atom is -0.334 e. The van der Waals surface area contributed by atoms with Gasteiger partial charge in [0.25, 0.3) is 0 Å². The van der Waals surface area contributed by atoms with Gasteiger partial charge in [0.1, 0.15) is 0 Å². The number of Topliss-reactive ketones (excluding diaryl/α,β-unsaturated/α-hetero) is 1. The van der Waals surface area contributed by atoms with E-state index in [-0.39, 0.29) is 23.7 Å². The van der Waals surface area contributed by atoms with E-state index in [0.717, 1.165) is 18.4 Å². The number of ketones is 1. The lowest BCUT2D eigenvalue weighted by Crippen LogP contribution is -2.37. The fourth-order valence-electron chi connectivity index (χ4n) is 2.63. The zero-order chi connectivity index (χ0) is 12.8. The number of likely N-dealkylation sites (tertiary alicyclic amines) is 1. The quantitative estimate of drug-likeness (QED) is 0.820. The summed E-state index contributed by atoms with van der Waals surface area (Å²) >= 11 is 5.87. The standard InChI is InChI=1S/C14H14ClNO2/c15-11-3-1-10(2-4-11)14(6-7-14)13(18)16-8-5-12(17)9-16/h1-4H,5-9H2. The van der Waals surface area contributed by atoms with Crippen LogP contribution < -0.4 is 0 Å². The number of hydrogen-bond acceptors (Lipinski definition) is 2. The van der Waals surface area contributed by atoms with Gasteiger partial charge in [0.15, 0.2) is 5.78 Å². The van der Waals surface area contributed by atoms with Gasteiger partial charge in [-0.15, -0.1) is 0 Å². The zero-order valence-corrected chi connectivity index (χ0v) is 10.7. The van der Waals surface area contributed by atoms with Gasteiger partial charge in [-0.1, -0.05) is 23.7 Å².